The van der Waals surface area contributed by atoms with Gasteiger partial charge in [-0.3, -0.25) is 0 Å². The molecule has 1 aromatic rings. The number of aliphatic hydroxyl groups is 1. The average molecular weight is 341 g/mol. The number of likely N-dealkylation sites (tertiary alicyclic amines) is 1. The van der Waals surface area contributed by atoms with Crippen LogP contribution in [0.4, 0.5) is 4.79 Å². The first kappa shape index (κ1) is 15.3. The van der Waals surface area contributed by atoms with E-state index in [1.165, 1.54) is 11.1 Å². The maximum absolute atomic E-state index is 12.5. The third-order valence-corrected chi connectivity index (χ3v) is 6.59. The smallest absolute Gasteiger partial charge is 0.410 e. The maximum atomic E-state index is 12.5. The topological polar surface area (TPSA) is 59.0 Å². The Balaban J connectivity index is 1.69. The van der Waals surface area contributed by atoms with E-state index in [1.807, 2.05) is 17.9 Å². The normalized spacial score (nSPS) is 36.7. The Morgan fingerprint density at radius 1 is 1.44 bits per heavy atom. The van der Waals surface area contributed by atoms with Gasteiger partial charge in [0, 0.05) is 29.5 Å². The van der Waals surface area contributed by atoms with E-state index < -0.39 is 6.10 Å². The van der Waals surface area contributed by atoms with Crippen LogP contribution in [0.2, 0.25) is 0 Å². The molecule has 5 nitrogen and oxygen atoms in total. The van der Waals surface area contributed by atoms with Crippen molar-refractivity contribution >= 4 is 6.09 Å². The summed E-state index contributed by atoms with van der Waals surface area (Å²) >= 11 is 0. The monoisotopic (exact) mass is 341 g/mol. The number of hydrogen-bond donors (Lipinski definition) is 1. The molecule has 0 aromatic heterocycles. The fourth-order valence-corrected chi connectivity index (χ4v) is 5.64. The minimum Gasteiger partial charge on any atom is -0.486 e. The van der Waals surface area contributed by atoms with Crippen LogP contribution in [0.25, 0.3) is 0 Å². The van der Waals surface area contributed by atoms with E-state index >= 15 is 0 Å². The number of carbonyl (C=O) groups is 1. The van der Waals surface area contributed by atoms with Crippen molar-refractivity contribution in [1.82, 2.24) is 4.90 Å². The Bertz CT molecular complexity index is 788. The van der Waals surface area contributed by atoms with Gasteiger partial charge in [0.1, 0.15) is 18.0 Å². The third-order valence-electron chi connectivity index (χ3n) is 6.59. The van der Waals surface area contributed by atoms with Crippen molar-refractivity contribution in [2.45, 2.75) is 50.4 Å². The zero-order chi connectivity index (χ0) is 17.3. The van der Waals surface area contributed by atoms with E-state index in [9.17, 15) is 9.90 Å². The van der Waals surface area contributed by atoms with Crippen LogP contribution >= 0.6 is 0 Å². The Labute approximate surface area is 147 Å². The van der Waals surface area contributed by atoms with Crippen molar-refractivity contribution in [3.8, 4) is 5.75 Å². The van der Waals surface area contributed by atoms with Crippen LogP contribution < -0.4 is 4.74 Å². The molecule has 2 unspecified atom stereocenters. The first-order valence-electron chi connectivity index (χ1n) is 9.17. The number of amides is 1. The lowest BCUT2D eigenvalue weighted by Gasteiger charge is -2.56. The van der Waals surface area contributed by atoms with Gasteiger partial charge in [0.15, 0.2) is 0 Å². The summed E-state index contributed by atoms with van der Waals surface area (Å²) in [7, 11) is 0. The summed E-state index contributed by atoms with van der Waals surface area (Å²) in [6.45, 7) is 4.94. The quantitative estimate of drug-likeness (QED) is 0.797. The summed E-state index contributed by atoms with van der Waals surface area (Å²) in [5.41, 5.74) is 3.43. The number of piperidine rings is 1. The minimum atomic E-state index is -0.608. The van der Waals surface area contributed by atoms with Crippen molar-refractivity contribution in [3.63, 3.8) is 0 Å². The molecule has 0 saturated carbocycles. The number of carbonyl (C=O) groups excluding carboxylic acids is 1. The Kier molecular flexibility index (Phi) is 3.06. The van der Waals surface area contributed by atoms with E-state index in [0.29, 0.717) is 13.2 Å². The molecule has 25 heavy (non-hydrogen) atoms. The molecule has 1 aromatic carbocycles. The fourth-order valence-electron chi connectivity index (χ4n) is 5.64. The first-order valence-corrected chi connectivity index (χ1v) is 9.17. The molecule has 5 rings (SSSR count). The van der Waals surface area contributed by atoms with E-state index in [0.717, 1.165) is 24.2 Å². The van der Waals surface area contributed by atoms with Crippen molar-refractivity contribution in [2.24, 2.45) is 5.92 Å². The zero-order valence-electron chi connectivity index (χ0n) is 14.6. The Hall–Kier alpha value is -2.01. The van der Waals surface area contributed by atoms with Gasteiger partial charge in [0.25, 0.3) is 0 Å². The highest BCUT2D eigenvalue weighted by molar-refractivity contribution is 5.70. The third kappa shape index (κ3) is 1.74. The SMILES string of the molecule is CCOC(=O)N1CC[C@]23c4c5ccc(C)c4O[C@H]2C(O)C=CC3[C@H]1C5. The maximum Gasteiger partial charge on any atom is 0.410 e. The van der Waals surface area contributed by atoms with Crippen molar-refractivity contribution < 1.29 is 19.4 Å². The molecule has 1 fully saturated rings. The van der Waals surface area contributed by atoms with Gasteiger partial charge in [-0.1, -0.05) is 24.3 Å². The van der Waals surface area contributed by atoms with Crippen molar-refractivity contribution in [1.29, 1.82) is 0 Å². The molecule has 5 heteroatoms. The summed E-state index contributed by atoms with van der Waals surface area (Å²) in [5.74, 6) is 1.12. The number of hydrogen-bond acceptors (Lipinski definition) is 4. The molecule has 4 aliphatic rings. The number of benzene rings is 1. The molecule has 2 bridgehead atoms. The highest BCUT2D eigenvalue weighted by Crippen LogP contribution is 2.61. The van der Waals surface area contributed by atoms with Crippen LogP contribution in [-0.2, 0) is 16.6 Å². The summed E-state index contributed by atoms with van der Waals surface area (Å²) in [4.78, 5) is 14.4. The number of ether oxygens (including phenoxy) is 2. The van der Waals surface area contributed by atoms with Gasteiger partial charge in [-0.2, -0.15) is 0 Å². The van der Waals surface area contributed by atoms with Gasteiger partial charge in [-0.25, -0.2) is 4.79 Å². The number of rotatable bonds is 1. The second kappa shape index (κ2) is 5.01. The molecule has 132 valence electrons. The second-order valence-corrected chi connectivity index (χ2v) is 7.64. The summed E-state index contributed by atoms with van der Waals surface area (Å²) in [5, 5.41) is 10.6. The van der Waals surface area contributed by atoms with E-state index in [-0.39, 0.29) is 29.6 Å². The van der Waals surface area contributed by atoms with Crippen LogP contribution in [0.5, 0.6) is 5.75 Å². The van der Waals surface area contributed by atoms with Crippen LogP contribution in [0.3, 0.4) is 0 Å². The lowest BCUT2D eigenvalue weighted by molar-refractivity contribution is -0.0483. The van der Waals surface area contributed by atoms with E-state index in [1.54, 1.807) is 0 Å². The average Bonchev–Trinajstić information content (AvgIpc) is 2.94. The predicted octanol–water partition coefficient (Wildman–Crippen LogP) is 2.33. The lowest BCUT2D eigenvalue weighted by Crippen LogP contribution is -2.66. The Morgan fingerprint density at radius 2 is 2.28 bits per heavy atom. The molecule has 2 aliphatic heterocycles. The van der Waals surface area contributed by atoms with Gasteiger partial charge in [-0.15, -0.1) is 0 Å². The second-order valence-electron chi connectivity index (χ2n) is 7.64. The van der Waals surface area contributed by atoms with Crippen molar-refractivity contribution in [3.05, 3.63) is 41.0 Å². The molecular weight excluding hydrogens is 318 g/mol. The summed E-state index contributed by atoms with van der Waals surface area (Å²) < 4.78 is 11.6. The molecule has 2 aliphatic carbocycles. The molecule has 1 N–H and O–H groups in total. The molecule has 1 amide bonds. The number of nitrogens with zero attached hydrogens (tertiary/aromatic N) is 1. The van der Waals surface area contributed by atoms with Gasteiger partial charge >= 0.3 is 6.09 Å². The molecule has 1 spiro atoms. The molecule has 0 radical (unpaired) electrons. The molecule has 2 heterocycles. The first-order chi connectivity index (χ1) is 12.1. The minimum absolute atomic E-state index is 0.0591. The van der Waals surface area contributed by atoms with E-state index in [4.69, 9.17) is 9.47 Å². The summed E-state index contributed by atoms with van der Waals surface area (Å²) in [6.07, 6.45) is 4.47. The molecule has 1 saturated heterocycles. The number of aryl methyl sites for hydroxylation is 1. The van der Waals surface area contributed by atoms with Crippen LogP contribution in [-0.4, -0.2) is 47.5 Å². The highest BCUT2D eigenvalue weighted by atomic mass is 16.6. The van der Waals surface area contributed by atoms with E-state index in [2.05, 4.69) is 25.1 Å². The standard InChI is InChI=1S/C20H23NO4/c1-3-24-19(23)21-9-8-20-13-6-7-15(22)18(20)25-17-11(2)4-5-12(16(17)20)10-14(13)21/h4-7,13-15,18,22H,3,8-10H2,1-2H3/t13?,14-,15?,18+,20+/m1/s1. The predicted molar refractivity (Wildman–Crippen MR) is 91.7 cm³/mol. The summed E-state index contributed by atoms with van der Waals surface area (Å²) in [6, 6.07) is 4.32. The number of aliphatic hydroxyl groups excluding tert-OH is 1. The van der Waals surface area contributed by atoms with Gasteiger partial charge in [-0.05, 0) is 37.8 Å². The molecular formula is C20H23NO4. The van der Waals surface area contributed by atoms with Crippen LogP contribution in [0.1, 0.15) is 30.0 Å². The lowest BCUT2D eigenvalue weighted by atomic mass is 9.53. The fraction of sp³-hybridized carbons (Fsp3) is 0.550. The van der Waals surface area contributed by atoms with Gasteiger partial charge in [0.2, 0.25) is 0 Å². The molecule has 5 atom stereocenters. The van der Waals surface area contributed by atoms with Gasteiger partial charge < -0.3 is 19.5 Å². The van der Waals surface area contributed by atoms with Crippen LogP contribution in [0, 0.1) is 12.8 Å². The van der Waals surface area contributed by atoms with Gasteiger partial charge in [0.05, 0.1) is 6.61 Å². The highest BCUT2D eigenvalue weighted by Gasteiger charge is 2.64. The zero-order valence-corrected chi connectivity index (χ0v) is 14.6. The van der Waals surface area contributed by atoms with Crippen LogP contribution in [0.15, 0.2) is 24.3 Å². The Morgan fingerprint density at radius 3 is 3.08 bits per heavy atom. The van der Waals surface area contributed by atoms with Crippen molar-refractivity contribution in [2.75, 3.05) is 13.2 Å². The largest absolute Gasteiger partial charge is 0.486 e.